The van der Waals surface area contributed by atoms with Crippen LogP contribution >= 0.6 is 0 Å². The molecule has 0 unspecified atom stereocenters. The lowest BCUT2D eigenvalue weighted by atomic mass is 9.95. The largest absolute Gasteiger partial charge is 0.352 e. The molecule has 1 saturated carbocycles. The van der Waals surface area contributed by atoms with E-state index in [4.69, 9.17) is 0 Å². The Labute approximate surface area is 187 Å². The van der Waals surface area contributed by atoms with Crippen LogP contribution in [-0.2, 0) is 22.4 Å². The molecule has 0 heterocycles. The van der Waals surface area contributed by atoms with Crippen molar-refractivity contribution >= 4 is 11.8 Å². The number of carbonyl (C=O) groups is 2. The average Bonchev–Trinajstić information content (AvgIpc) is 2.78. The van der Waals surface area contributed by atoms with Crippen LogP contribution in [0.3, 0.4) is 0 Å². The molecule has 0 saturated heterocycles. The SMILES string of the molecule is CC[C@@H](C(=O)NC1CCCCC1)N(CCc1ccccc1)C(=O)Cc1cccc(C)c1. The van der Waals surface area contributed by atoms with Gasteiger partial charge in [-0.3, -0.25) is 9.59 Å². The summed E-state index contributed by atoms with van der Waals surface area (Å²) in [5.74, 6) is 0.0206. The topological polar surface area (TPSA) is 49.4 Å². The van der Waals surface area contributed by atoms with Crippen LogP contribution in [0.4, 0.5) is 0 Å². The van der Waals surface area contributed by atoms with Crippen LogP contribution in [0.2, 0.25) is 0 Å². The molecular weight excluding hydrogens is 384 g/mol. The summed E-state index contributed by atoms with van der Waals surface area (Å²) in [6.07, 6.45) is 7.37. The number of nitrogens with zero attached hydrogens (tertiary/aromatic N) is 1. The summed E-state index contributed by atoms with van der Waals surface area (Å²) in [6, 6.07) is 18.1. The maximum atomic E-state index is 13.4. The summed E-state index contributed by atoms with van der Waals surface area (Å²) in [5, 5.41) is 3.24. The molecule has 4 heteroatoms. The van der Waals surface area contributed by atoms with Gasteiger partial charge in [-0.25, -0.2) is 0 Å². The number of benzene rings is 2. The zero-order valence-corrected chi connectivity index (χ0v) is 19.0. The van der Waals surface area contributed by atoms with Crippen LogP contribution in [0, 0.1) is 6.92 Å². The minimum Gasteiger partial charge on any atom is -0.352 e. The van der Waals surface area contributed by atoms with Crippen molar-refractivity contribution in [2.75, 3.05) is 6.54 Å². The Morgan fingerprint density at radius 1 is 1.00 bits per heavy atom. The first-order valence-corrected chi connectivity index (χ1v) is 11.8. The van der Waals surface area contributed by atoms with E-state index in [-0.39, 0.29) is 17.9 Å². The third kappa shape index (κ3) is 6.95. The number of amides is 2. The second-order valence-electron chi connectivity index (χ2n) is 8.76. The van der Waals surface area contributed by atoms with Crippen molar-refractivity contribution in [2.24, 2.45) is 0 Å². The Morgan fingerprint density at radius 2 is 1.71 bits per heavy atom. The maximum Gasteiger partial charge on any atom is 0.243 e. The van der Waals surface area contributed by atoms with Gasteiger partial charge < -0.3 is 10.2 Å². The number of hydrogen-bond acceptors (Lipinski definition) is 2. The molecule has 2 aromatic carbocycles. The molecule has 1 aliphatic rings. The van der Waals surface area contributed by atoms with E-state index in [1.165, 1.54) is 24.8 Å². The summed E-state index contributed by atoms with van der Waals surface area (Å²) in [4.78, 5) is 28.4. The number of hydrogen-bond donors (Lipinski definition) is 1. The highest BCUT2D eigenvalue weighted by atomic mass is 16.2. The Hall–Kier alpha value is -2.62. The van der Waals surface area contributed by atoms with E-state index in [1.54, 1.807) is 0 Å². The van der Waals surface area contributed by atoms with E-state index in [1.807, 2.05) is 55.1 Å². The van der Waals surface area contributed by atoms with Crippen molar-refractivity contribution in [2.45, 2.75) is 77.3 Å². The van der Waals surface area contributed by atoms with Crippen LogP contribution < -0.4 is 5.32 Å². The Balaban J connectivity index is 1.74. The van der Waals surface area contributed by atoms with Crippen molar-refractivity contribution in [1.29, 1.82) is 0 Å². The Kier molecular flexibility index (Phi) is 8.69. The third-order valence-electron chi connectivity index (χ3n) is 6.26. The van der Waals surface area contributed by atoms with Gasteiger partial charge in [0.25, 0.3) is 0 Å². The molecule has 0 bridgehead atoms. The molecule has 2 aromatic rings. The van der Waals surface area contributed by atoms with Crippen LogP contribution in [0.15, 0.2) is 54.6 Å². The third-order valence-corrected chi connectivity index (χ3v) is 6.26. The summed E-state index contributed by atoms with van der Waals surface area (Å²) in [6.45, 7) is 4.58. The predicted octanol–water partition coefficient (Wildman–Crippen LogP) is 4.84. The number of rotatable bonds is 9. The molecular formula is C27H36N2O2. The molecule has 3 rings (SSSR count). The molecule has 1 aliphatic carbocycles. The fraction of sp³-hybridized carbons (Fsp3) is 0.481. The van der Waals surface area contributed by atoms with Crippen LogP contribution in [-0.4, -0.2) is 35.3 Å². The molecule has 4 nitrogen and oxygen atoms in total. The van der Waals surface area contributed by atoms with Gasteiger partial charge in [-0.1, -0.05) is 86.3 Å². The Bertz CT molecular complexity index is 843. The number of nitrogens with one attached hydrogen (secondary N) is 1. The minimum absolute atomic E-state index is 0.0000499. The highest BCUT2D eigenvalue weighted by Crippen LogP contribution is 2.19. The van der Waals surface area contributed by atoms with Gasteiger partial charge in [0.15, 0.2) is 0 Å². The van der Waals surface area contributed by atoms with Crippen molar-refractivity contribution in [3.63, 3.8) is 0 Å². The molecule has 1 atom stereocenters. The summed E-state index contributed by atoms with van der Waals surface area (Å²) < 4.78 is 0. The lowest BCUT2D eigenvalue weighted by Crippen LogP contribution is -2.52. The van der Waals surface area contributed by atoms with E-state index in [0.717, 1.165) is 30.4 Å². The van der Waals surface area contributed by atoms with E-state index in [0.29, 0.717) is 19.4 Å². The standard InChI is InChI=1S/C27H36N2O2/c1-3-25(27(31)28-24-15-8-5-9-16-24)29(18-17-22-12-6-4-7-13-22)26(30)20-23-14-10-11-21(2)19-23/h4,6-7,10-14,19,24-25H,3,5,8-9,15-18,20H2,1-2H3,(H,28,31)/t25-/m0/s1. The first kappa shape index (κ1) is 23.1. The Morgan fingerprint density at radius 3 is 2.39 bits per heavy atom. The molecule has 0 spiro atoms. The molecule has 1 N–H and O–H groups in total. The second kappa shape index (κ2) is 11.7. The fourth-order valence-corrected chi connectivity index (χ4v) is 4.54. The highest BCUT2D eigenvalue weighted by Gasteiger charge is 2.30. The van der Waals surface area contributed by atoms with Gasteiger partial charge in [0.05, 0.1) is 6.42 Å². The lowest BCUT2D eigenvalue weighted by Gasteiger charge is -2.33. The van der Waals surface area contributed by atoms with E-state index >= 15 is 0 Å². The van der Waals surface area contributed by atoms with Gasteiger partial charge in [-0.05, 0) is 43.7 Å². The smallest absolute Gasteiger partial charge is 0.243 e. The maximum absolute atomic E-state index is 13.4. The van der Waals surface area contributed by atoms with Crippen molar-refractivity contribution < 1.29 is 9.59 Å². The lowest BCUT2D eigenvalue weighted by molar-refractivity contribution is -0.140. The molecule has 0 aromatic heterocycles. The first-order chi connectivity index (χ1) is 15.1. The van der Waals surface area contributed by atoms with E-state index < -0.39 is 6.04 Å². The number of carbonyl (C=O) groups excluding carboxylic acids is 2. The van der Waals surface area contributed by atoms with E-state index in [9.17, 15) is 9.59 Å². The minimum atomic E-state index is -0.428. The zero-order valence-electron chi connectivity index (χ0n) is 19.0. The van der Waals surface area contributed by atoms with Gasteiger partial charge in [0.1, 0.15) is 6.04 Å². The van der Waals surface area contributed by atoms with Crippen LogP contribution in [0.5, 0.6) is 0 Å². The molecule has 0 aliphatic heterocycles. The van der Waals surface area contributed by atoms with E-state index in [2.05, 4.69) is 23.5 Å². The van der Waals surface area contributed by atoms with Crippen molar-refractivity contribution in [3.05, 3.63) is 71.3 Å². The second-order valence-corrected chi connectivity index (χ2v) is 8.76. The molecule has 166 valence electrons. The van der Waals surface area contributed by atoms with Gasteiger partial charge >= 0.3 is 0 Å². The van der Waals surface area contributed by atoms with Gasteiger partial charge in [0, 0.05) is 12.6 Å². The average molecular weight is 421 g/mol. The zero-order chi connectivity index (χ0) is 22.1. The summed E-state index contributed by atoms with van der Waals surface area (Å²) >= 11 is 0. The summed E-state index contributed by atoms with van der Waals surface area (Å²) in [5.41, 5.74) is 3.32. The van der Waals surface area contributed by atoms with Crippen molar-refractivity contribution in [1.82, 2.24) is 10.2 Å². The molecule has 1 fully saturated rings. The van der Waals surface area contributed by atoms with Crippen LogP contribution in [0.25, 0.3) is 0 Å². The highest BCUT2D eigenvalue weighted by molar-refractivity contribution is 5.88. The van der Waals surface area contributed by atoms with Gasteiger partial charge in [0.2, 0.25) is 11.8 Å². The van der Waals surface area contributed by atoms with Crippen molar-refractivity contribution in [3.8, 4) is 0 Å². The molecule has 31 heavy (non-hydrogen) atoms. The number of aryl methyl sites for hydroxylation is 1. The van der Waals surface area contributed by atoms with Gasteiger partial charge in [-0.2, -0.15) is 0 Å². The summed E-state index contributed by atoms with van der Waals surface area (Å²) in [7, 11) is 0. The molecule has 2 amide bonds. The predicted molar refractivity (Wildman–Crippen MR) is 126 cm³/mol. The normalized spacial score (nSPS) is 15.3. The monoisotopic (exact) mass is 420 g/mol. The van der Waals surface area contributed by atoms with Gasteiger partial charge in [-0.15, -0.1) is 0 Å². The fourth-order valence-electron chi connectivity index (χ4n) is 4.54. The quantitative estimate of drug-likeness (QED) is 0.631. The van der Waals surface area contributed by atoms with Crippen LogP contribution in [0.1, 0.15) is 62.1 Å². The first-order valence-electron chi connectivity index (χ1n) is 11.8. The molecule has 0 radical (unpaired) electrons.